The summed E-state index contributed by atoms with van der Waals surface area (Å²) in [5.74, 6) is 0. The molecule has 4 aromatic carbocycles. The zero-order valence-electron chi connectivity index (χ0n) is 23.2. The van der Waals surface area contributed by atoms with Crippen molar-refractivity contribution in [3.8, 4) is 11.1 Å². The van der Waals surface area contributed by atoms with E-state index in [1.807, 2.05) is 0 Å². The number of ether oxygens (including phenoxy) is 6. The zero-order chi connectivity index (χ0) is 27.2. The molecule has 5 rings (SSSR count). The summed E-state index contributed by atoms with van der Waals surface area (Å²) >= 11 is 0. The summed E-state index contributed by atoms with van der Waals surface area (Å²) in [7, 11) is 0. The Morgan fingerprint density at radius 1 is 0.475 bits per heavy atom. The van der Waals surface area contributed by atoms with Crippen LogP contribution >= 0.6 is 0 Å². The summed E-state index contributed by atoms with van der Waals surface area (Å²) in [6.07, 6.45) is 1.40. The van der Waals surface area contributed by atoms with Crippen LogP contribution in [0.25, 0.3) is 32.7 Å². The van der Waals surface area contributed by atoms with Crippen molar-refractivity contribution >= 4 is 21.5 Å². The maximum Gasteiger partial charge on any atom is 0.107 e. The van der Waals surface area contributed by atoms with E-state index in [2.05, 4.69) is 78.9 Å². The average molecular weight is 545 g/mol. The minimum atomic E-state index is -0.241. The minimum absolute atomic E-state index is 0.241. The van der Waals surface area contributed by atoms with Crippen LogP contribution in [0.4, 0.5) is 0 Å². The van der Waals surface area contributed by atoms with Gasteiger partial charge in [-0.15, -0.1) is 0 Å². The van der Waals surface area contributed by atoms with Crippen LogP contribution in [0.2, 0.25) is 0 Å². The molecule has 6 nitrogen and oxygen atoms in total. The summed E-state index contributed by atoms with van der Waals surface area (Å²) < 4.78 is 35.4. The predicted molar refractivity (Wildman–Crippen MR) is 159 cm³/mol. The van der Waals surface area contributed by atoms with Crippen molar-refractivity contribution in [2.45, 2.75) is 18.9 Å². The van der Waals surface area contributed by atoms with E-state index in [1.54, 1.807) is 0 Å². The van der Waals surface area contributed by atoms with Crippen molar-refractivity contribution in [2.24, 2.45) is 0 Å². The Morgan fingerprint density at radius 2 is 1.05 bits per heavy atom. The van der Waals surface area contributed by atoms with Gasteiger partial charge in [0.2, 0.25) is 0 Å². The van der Waals surface area contributed by atoms with Gasteiger partial charge in [-0.25, -0.2) is 0 Å². The molecule has 0 aromatic heterocycles. The van der Waals surface area contributed by atoms with Gasteiger partial charge >= 0.3 is 0 Å². The first-order chi connectivity index (χ1) is 19.9. The number of fused-ring (bicyclic) bond motifs is 2. The second-order valence-electron chi connectivity index (χ2n) is 9.90. The van der Waals surface area contributed by atoms with Crippen molar-refractivity contribution in [3.05, 3.63) is 84.4 Å². The highest BCUT2D eigenvalue weighted by Crippen LogP contribution is 2.37. The lowest BCUT2D eigenvalue weighted by atomic mass is 9.90. The van der Waals surface area contributed by atoms with E-state index in [9.17, 15) is 0 Å². The number of hydrogen-bond acceptors (Lipinski definition) is 6. The van der Waals surface area contributed by atoms with Crippen LogP contribution < -0.4 is 0 Å². The van der Waals surface area contributed by atoms with Crippen LogP contribution in [0.1, 0.15) is 24.5 Å². The summed E-state index contributed by atoms with van der Waals surface area (Å²) in [5, 5.41) is 4.82. The third-order valence-corrected chi connectivity index (χ3v) is 7.07. The van der Waals surface area contributed by atoms with Crippen molar-refractivity contribution in [1.82, 2.24) is 0 Å². The molecule has 1 aliphatic rings. The van der Waals surface area contributed by atoms with Crippen LogP contribution in [-0.2, 0) is 28.4 Å². The Morgan fingerprint density at radius 3 is 1.80 bits per heavy atom. The first-order valence-corrected chi connectivity index (χ1v) is 14.4. The molecular weight excluding hydrogens is 504 g/mol. The zero-order valence-corrected chi connectivity index (χ0v) is 23.2. The number of hydrogen-bond donors (Lipinski definition) is 0. The molecule has 0 amide bonds. The normalized spacial score (nSPS) is 19.9. The van der Waals surface area contributed by atoms with Crippen molar-refractivity contribution < 1.29 is 28.4 Å². The summed E-state index contributed by atoms with van der Waals surface area (Å²) in [4.78, 5) is 0. The smallest absolute Gasteiger partial charge is 0.107 e. The van der Waals surface area contributed by atoms with Gasteiger partial charge in [0, 0.05) is 26.4 Å². The maximum atomic E-state index is 6.57. The fraction of sp³-hybridized carbons (Fsp3) is 0.412. The molecule has 6 heteroatoms. The Labute approximate surface area is 237 Å². The summed E-state index contributed by atoms with van der Waals surface area (Å²) in [6.45, 7) is 6.28. The molecule has 1 atom stereocenters. The predicted octanol–water partition coefficient (Wildman–Crippen LogP) is 6.59. The first kappa shape index (κ1) is 28.7. The molecule has 1 heterocycles. The second-order valence-corrected chi connectivity index (χ2v) is 9.90. The van der Waals surface area contributed by atoms with Crippen molar-refractivity contribution in [1.29, 1.82) is 0 Å². The van der Waals surface area contributed by atoms with Crippen LogP contribution in [0, 0.1) is 0 Å². The van der Waals surface area contributed by atoms with Gasteiger partial charge < -0.3 is 28.4 Å². The molecular formula is C34H40O6. The Hall–Kier alpha value is -2.84. The quantitative estimate of drug-likeness (QED) is 0.284. The molecule has 0 bridgehead atoms. The Kier molecular flexibility index (Phi) is 11.3. The molecule has 0 N–H and O–H groups in total. The van der Waals surface area contributed by atoms with Gasteiger partial charge in [0.25, 0.3) is 0 Å². The van der Waals surface area contributed by atoms with Gasteiger partial charge in [0.05, 0.1) is 46.2 Å². The molecule has 212 valence electrons. The van der Waals surface area contributed by atoms with E-state index >= 15 is 0 Å². The van der Waals surface area contributed by atoms with Gasteiger partial charge in [-0.3, -0.25) is 0 Å². The van der Waals surface area contributed by atoms with E-state index in [1.165, 1.54) is 27.1 Å². The minimum Gasteiger partial charge on any atom is -0.379 e. The van der Waals surface area contributed by atoms with Gasteiger partial charge in [0.1, 0.15) is 6.10 Å². The fourth-order valence-corrected chi connectivity index (χ4v) is 5.07. The van der Waals surface area contributed by atoms with E-state index in [0.29, 0.717) is 72.7 Å². The number of rotatable bonds is 2. The van der Waals surface area contributed by atoms with Crippen LogP contribution in [-0.4, -0.2) is 72.7 Å². The standard InChI is InChI=1S/C34H40O6/c1-2-9-29-25-30(12-11-27(29)7-1)32-14-13-28-8-3-4-10-31(28)34(32)33-26-39-24-23-36-16-5-15-35-19-21-38-22-20-37-17-6-18-40-33/h1-4,7-14,25,33H,5-6,15-24,26H2/t33-/m1/s1. The molecule has 0 radical (unpaired) electrons. The molecule has 0 unspecified atom stereocenters. The van der Waals surface area contributed by atoms with E-state index in [4.69, 9.17) is 28.4 Å². The third-order valence-electron chi connectivity index (χ3n) is 7.07. The molecule has 0 spiro atoms. The highest BCUT2D eigenvalue weighted by atomic mass is 16.6. The monoisotopic (exact) mass is 544 g/mol. The van der Waals surface area contributed by atoms with Gasteiger partial charge in [-0.05, 0) is 57.1 Å². The third kappa shape index (κ3) is 8.10. The second kappa shape index (κ2) is 15.8. The van der Waals surface area contributed by atoms with Crippen LogP contribution in [0.3, 0.4) is 0 Å². The summed E-state index contributed by atoms with van der Waals surface area (Å²) in [5.41, 5.74) is 3.49. The van der Waals surface area contributed by atoms with Gasteiger partial charge in [-0.2, -0.15) is 0 Å². The van der Waals surface area contributed by atoms with Gasteiger partial charge in [-0.1, -0.05) is 72.8 Å². The molecule has 1 fully saturated rings. The lowest BCUT2D eigenvalue weighted by Gasteiger charge is -2.24. The van der Waals surface area contributed by atoms with Gasteiger partial charge in [0.15, 0.2) is 0 Å². The lowest BCUT2D eigenvalue weighted by molar-refractivity contribution is -0.0422. The van der Waals surface area contributed by atoms with E-state index < -0.39 is 0 Å². The largest absolute Gasteiger partial charge is 0.379 e. The summed E-state index contributed by atoms with van der Waals surface area (Å²) in [6, 6.07) is 28.1. The molecule has 40 heavy (non-hydrogen) atoms. The molecule has 0 saturated carbocycles. The van der Waals surface area contributed by atoms with E-state index in [0.717, 1.165) is 24.0 Å². The molecule has 0 aliphatic carbocycles. The highest BCUT2D eigenvalue weighted by molar-refractivity contribution is 5.94. The van der Waals surface area contributed by atoms with Crippen molar-refractivity contribution in [2.75, 3.05) is 72.7 Å². The fourth-order valence-electron chi connectivity index (χ4n) is 5.07. The SMILES string of the molecule is c1ccc2cc(-c3ccc4ccccc4c3[C@H]3COCCOCCCOCCOCCOCCCO3)ccc2c1. The molecule has 4 aromatic rings. The average Bonchev–Trinajstić information content (AvgIpc) is 3.00. The lowest BCUT2D eigenvalue weighted by Crippen LogP contribution is -2.18. The maximum absolute atomic E-state index is 6.57. The Balaban J connectivity index is 1.39. The first-order valence-electron chi connectivity index (χ1n) is 14.4. The topological polar surface area (TPSA) is 55.4 Å². The molecule has 1 saturated heterocycles. The molecule has 1 aliphatic heterocycles. The van der Waals surface area contributed by atoms with Crippen molar-refractivity contribution in [3.63, 3.8) is 0 Å². The highest BCUT2D eigenvalue weighted by Gasteiger charge is 2.21. The van der Waals surface area contributed by atoms with E-state index in [-0.39, 0.29) is 6.10 Å². The van der Waals surface area contributed by atoms with Crippen LogP contribution in [0.15, 0.2) is 78.9 Å². The number of benzene rings is 4. The Bertz CT molecular complexity index is 1300. The van der Waals surface area contributed by atoms with Crippen LogP contribution in [0.5, 0.6) is 0 Å².